The lowest BCUT2D eigenvalue weighted by Gasteiger charge is -2.47. The van der Waals surface area contributed by atoms with Gasteiger partial charge in [-0.3, -0.25) is 0 Å². The lowest BCUT2D eigenvalue weighted by Crippen LogP contribution is -2.44. The van der Waals surface area contributed by atoms with Gasteiger partial charge in [-0.2, -0.15) is 0 Å². The fourth-order valence-corrected chi connectivity index (χ4v) is 4.69. The van der Waals surface area contributed by atoms with Crippen molar-refractivity contribution in [3.63, 3.8) is 0 Å². The van der Waals surface area contributed by atoms with Crippen molar-refractivity contribution >= 4 is 0 Å². The molecule has 0 spiro atoms. The second-order valence-corrected chi connectivity index (χ2v) is 7.15. The molecule has 2 aromatic rings. The van der Waals surface area contributed by atoms with Crippen molar-refractivity contribution < 1.29 is 0 Å². The van der Waals surface area contributed by atoms with Crippen LogP contribution in [0.4, 0.5) is 0 Å². The summed E-state index contributed by atoms with van der Waals surface area (Å²) in [7, 11) is 0. The van der Waals surface area contributed by atoms with Crippen LogP contribution in [0.1, 0.15) is 45.4 Å². The maximum Gasteiger partial charge on any atom is 0.113 e. The monoisotopic (exact) mass is 281 g/mol. The van der Waals surface area contributed by atoms with E-state index in [0.717, 1.165) is 23.1 Å². The zero-order valence-electron chi connectivity index (χ0n) is 12.7. The molecule has 3 unspecified atom stereocenters. The van der Waals surface area contributed by atoms with Gasteiger partial charge in [0.25, 0.3) is 0 Å². The van der Waals surface area contributed by atoms with Crippen LogP contribution in [0.2, 0.25) is 0 Å². The van der Waals surface area contributed by atoms with Gasteiger partial charge < -0.3 is 0 Å². The standard InChI is InChI=1S/C18H23N3/c1-14-10-15-6-5-9-18(11-14,12-15)21-13-17(19-20-21)16-7-3-2-4-8-16/h2-4,7-8,13-15H,5-6,9-12H2,1H3. The Morgan fingerprint density at radius 2 is 2.05 bits per heavy atom. The normalized spacial score (nSPS) is 32.0. The molecule has 21 heavy (non-hydrogen) atoms. The second-order valence-electron chi connectivity index (χ2n) is 7.15. The summed E-state index contributed by atoms with van der Waals surface area (Å²) >= 11 is 0. The average Bonchev–Trinajstić information content (AvgIpc) is 2.98. The van der Waals surface area contributed by atoms with E-state index in [4.69, 9.17) is 0 Å². The van der Waals surface area contributed by atoms with Gasteiger partial charge in [0.1, 0.15) is 5.69 Å². The first-order valence-electron chi connectivity index (χ1n) is 8.23. The lowest BCUT2D eigenvalue weighted by atomic mass is 9.64. The quantitative estimate of drug-likeness (QED) is 0.823. The Morgan fingerprint density at radius 1 is 1.19 bits per heavy atom. The van der Waals surface area contributed by atoms with Gasteiger partial charge in [0.15, 0.2) is 0 Å². The van der Waals surface area contributed by atoms with Gasteiger partial charge in [0.05, 0.1) is 11.7 Å². The summed E-state index contributed by atoms with van der Waals surface area (Å²) < 4.78 is 2.21. The van der Waals surface area contributed by atoms with E-state index in [0.29, 0.717) is 0 Å². The van der Waals surface area contributed by atoms with Gasteiger partial charge in [-0.05, 0) is 37.5 Å². The molecule has 2 saturated carbocycles. The van der Waals surface area contributed by atoms with Gasteiger partial charge in [0, 0.05) is 5.56 Å². The average molecular weight is 281 g/mol. The molecule has 2 aliphatic rings. The number of fused-ring (bicyclic) bond motifs is 2. The maximum atomic E-state index is 4.53. The van der Waals surface area contributed by atoms with Crippen molar-refractivity contribution in [3.8, 4) is 11.3 Å². The molecule has 0 N–H and O–H groups in total. The largest absolute Gasteiger partial charge is 0.246 e. The molecule has 4 rings (SSSR count). The van der Waals surface area contributed by atoms with Gasteiger partial charge in [-0.15, -0.1) is 5.10 Å². The number of benzene rings is 1. The second kappa shape index (κ2) is 4.97. The van der Waals surface area contributed by atoms with E-state index in [1.165, 1.54) is 38.5 Å². The number of nitrogens with zero attached hydrogens (tertiary/aromatic N) is 3. The van der Waals surface area contributed by atoms with Gasteiger partial charge in [-0.25, -0.2) is 4.68 Å². The van der Waals surface area contributed by atoms with Crippen molar-refractivity contribution in [1.29, 1.82) is 0 Å². The fourth-order valence-electron chi connectivity index (χ4n) is 4.69. The molecule has 3 atom stereocenters. The molecule has 3 heteroatoms. The molecule has 1 heterocycles. The highest BCUT2D eigenvalue weighted by atomic mass is 15.4. The highest BCUT2D eigenvalue weighted by molar-refractivity contribution is 5.57. The van der Waals surface area contributed by atoms with Crippen molar-refractivity contribution in [2.45, 2.75) is 51.0 Å². The SMILES string of the molecule is CC1CC2CCCC(n3cc(-c4ccccc4)nn3)(C1)C2. The summed E-state index contributed by atoms with van der Waals surface area (Å²) in [5, 5.41) is 8.97. The van der Waals surface area contributed by atoms with Crippen molar-refractivity contribution in [2.75, 3.05) is 0 Å². The smallest absolute Gasteiger partial charge is 0.113 e. The van der Waals surface area contributed by atoms with Crippen LogP contribution < -0.4 is 0 Å². The molecule has 110 valence electrons. The Labute approximate surface area is 126 Å². The first-order chi connectivity index (χ1) is 10.3. The number of rotatable bonds is 2. The molecule has 0 radical (unpaired) electrons. The highest BCUT2D eigenvalue weighted by Crippen LogP contribution is 2.49. The van der Waals surface area contributed by atoms with E-state index in [1.807, 2.05) is 6.07 Å². The van der Waals surface area contributed by atoms with Crippen LogP contribution in [-0.2, 0) is 5.54 Å². The van der Waals surface area contributed by atoms with Gasteiger partial charge in [-0.1, -0.05) is 55.3 Å². The van der Waals surface area contributed by atoms with Crippen LogP contribution in [0.15, 0.2) is 36.5 Å². The Balaban J connectivity index is 1.68. The third kappa shape index (κ3) is 2.29. The molecule has 2 aliphatic carbocycles. The molecule has 3 nitrogen and oxygen atoms in total. The Kier molecular flexibility index (Phi) is 3.09. The van der Waals surface area contributed by atoms with Crippen molar-refractivity contribution in [2.24, 2.45) is 11.8 Å². The van der Waals surface area contributed by atoms with E-state index >= 15 is 0 Å². The van der Waals surface area contributed by atoms with Crippen LogP contribution in [0.3, 0.4) is 0 Å². The summed E-state index contributed by atoms with van der Waals surface area (Å²) in [6, 6.07) is 10.4. The lowest BCUT2D eigenvalue weighted by molar-refractivity contribution is 0.0430. The fraction of sp³-hybridized carbons (Fsp3) is 0.556. The van der Waals surface area contributed by atoms with E-state index < -0.39 is 0 Å². The van der Waals surface area contributed by atoms with Crippen LogP contribution in [0.25, 0.3) is 11.3 Å². The van der Waals surface area contributed by atoms with E-state index in [9.17, 15) is 0 Å². The molecule has 1 aromatic heterocycles. The third-order valence-electron chi connectivity index (χ3n) is 5.44. The molecule has 0 amide bonds. The van der Waals surface area contributed by atoms with Gasteiger partial charge in [0.2, 0.25) is 0 Å². The van der Waals surface area contributed by atoms with E-state index in [1.54, 1.807) is 0 Å². The van der Waals surface area contributed by atoms with Crippen LogP contribution in [-0.4, -0.2) is 15.0 Å². The topological polar surface area (TPSA) is 30.7 Å². The molecule has 2 bridgehead atoms. The minimum Gasteiger partial charge on any atom is -0.246 e. The van der Waals surface area contributed by atoms with Crippen LogP contribution in [0.5, 0.6) is 0 Å². The number of aromatic nitrogens is 3. The zero-order valence-corrected chi connectivity index (χ0v) is 12.7. The maximum absolute atomic E-state index is 4.53. The predicted molar refractivity (Wildman–Crippen MR) is 83.8 cm³/mol. The number of hydrogen-bond donors (Lipinski definition) is 0. The number of hydrogen-bond acceptors (Lipinski definition) is 2. The summed E-state index contributed by atoms with van der Waals surface area (Å²) in [5.41, 5.74) is 2.40. The third-order valence-corrected chi connectivity index (χ3v) is 5.44. The molecular formula is C18H23N3. The Hall–Kier alpha value is -1.64. The van der Waals surface area contributed by atoms with E-state index in [-0.39, 0.29) is 5.54 Å². The molecular weight excluding hydrogens is 258 g/mol. The van der Waals surface area contributed by atoms with Crippen molar-refractivity contribution in [1.82, 2.24) is 15.0 Å². The predicted octanol–water partition coefficient (Wildman–Crippen LogP) is 4.26. The van der Waals surface area contributed by atoms with E-state index in [2.05, 4.69) is 52.4 Å². The molecule has 0 aliphatic heterocycles. The summed E-state index contributed by atoms with van der Waals surface area (Å²) in [4.78, 5) is 0. The Morgan fingerprint density at radius 3 is 2.90 bits per heavy atom. The minimum absolute atomic E-state index is 0.237. The van der Waals surface area contributed by atoms with Crippen LogP contribution >= 0.6 is 0 Å². The minimum atomic E-state index is 0.237. The first kappa shape index (κ1) is 13.1. The molecule has 1 aromatic carbocycles. The summed E-state index contributed by atoms with van der Waals surface area (Å²) in [6.45, 7) is 2.40. The first-order valence-corrected chi connectivity index (χ1v) is 8.23. The highest BCUT2D eigenvalue weighted by Gasteiger charge is 2.44. The molecule has 2 fully saturated rings. The van der Waals surface area contributed by atoms with Crippen LogP contribution in [0, 0.1) is 11.8 Å². The zero-order chi connectivity index (χ0) is 14.3. The molecule has 0 saturated heterocycles. The van der Waals surface area contributed by atoms with Crippen molar-refractivity contribution in [3.05, 3.63) is 36.5 Å². The summed E-state index contributed by atoms with van der Waals surface area (Å²) in [6.07, 6.45) is 10.2. The summed E-state index contributed by atoms with van der Waals surface area (Å²) in [5.74, 6) is 1.71. The Bertz CT molecular complexity index is 614. The van der Waals surface area contributed by atoms with Gasteiger partial charge >= 0.3 is 0 Å².